The van der Waals surface area contributed by atoms with E-state index in [4.69, 9.17) is 16.3 Å². The Labute approximate surface area is 135 Å². The van der Waals surface area contributed by atoms with Crippen LogP contribution in [0.3, 0.4) is 0 Å². The number of hydrogen-bond donors (Lipinski definition) is 1. The smallest absolute Gasteiger partial charge is 0.327 e. The summed E-state index contributed by atoms with van der Waals surface area (Å²) in [6.45, 7) is 0.609. The average Bonchev–Trinajstić information content (AvgIpc) is 2.95. The summed E-state index contributed by atoms with van der Waals surface area (Å²) in [4.78, 5) is 13.1. The fourth-order valence-electron chi connectivity index (χ4n) is 1.76. The van der Waals surface area contributed by atoms with Gasteiger partial charge >= 0.3 is 5.97 Å². The number of benzene rings is 1. The summed E-state index contributed by atoms with van der Waals surface area (Å²) in [7, 11) is 1.38. The van der Waals surface area contributed by atoms with Crippen LogP contribution in [-0.4, -0.2) is 13.1 Å². The normalized spacial score (nSPS) is 12.2. The number of carbonyl (C=O) groups is 1. The van der Waals surface area contributed by atoms with E-state index in [1.165, 1.54) is 7.11 Å². The molecule has 20 heavy (non-hydrogen) atoms. The fourth-order valence-corrected chi connectivity index (χ4v) is 2.93. The molecule has 0 saturated carbocycles. The molecule has 1 atom stereocenters. The summed E-state index contributed by atoms with van der Waals surface area (Å²) in [5.74, 6) is -0.323. The lowest BCUT2D eigenvalue weighted by atomic mass is 10.1. The van der Waals surface area contributed by atoms with Gasteiger partial charge in [-0.25, -0.2) is 4.79 Å². The summed E-state index contributed by atoms with van der Waals surface area (Å²) < 4.78 is 5.61. The molecule has 2 rings (SSSR count). The highest BCUT2D eigenvalue weighted by Crippen LogP contribution is 2.27. The van der Waals surface area contributed by atoms with E-state index in [0.29, 0.717) is 11.6 Å². The minimum absolute atomic E-state index is 0.323. The van der Waals surface area contributed by atoms with Crippen LogP contribution < -0.4 is 5.32 Å². The predicted octanol–water partition coefficient (Wildman–Crippen LogP) is 4.17. The molecule has 0 spiro atoms. The van der Waals surface area contributed by atoms with E-state index >= 15 is 0 Å². The zero-order chi connectivity index (χ0) is 14.5. The highest BCUT2D eigenvalue weighted by Gasteiger charge is 2.21. The molecule has 0 aliphatic carbocycles. The third-order valence-corrected chi connectivity index (χ3v) is 4.86. The van der Waals surface area contributed by atoms with Crippen molar-refractivity contribution in [2.45, 2.75) is 12.6 Å². The first-order chi connectivity index (χ1) is 9.61. The van der Waals surface area contributed by atoms with Gasteiger partial charge in [0.15, 0.2) is 0 Å². The molecule has 3 nitrogen and oxygen atoms in total. The van der Waals surface area contributed by atoms with Crippen LogP contribution in [-0.2, 0) is 16.1 Å². The van der Waals surface area contributed by atoms with Gasteiger partial charge in [-0.3, -0.25) is 5.32 Å². The van der Waals surface area contributed by atoms with Crippen LogP contribution in [0.5, 0.6) is 0 Å². The number of nitrogens with one attached hydrogen (secondary N) is 1. The van der Waals surface area contributed by atoms with Crippen molar-refractivity contribution in [1.82, 2.24) is 5.32 Å². The van der Waals surface area contributed by atoms with E-state index in [0.717, 1.165) is 14.9 Å². The lowest BCUT2D eigenvalue weighted by molar-refractivity contribution is -0.143. The minimum atomic E-state index is -0.518. The van der Waals surface area contributed by atoms with Crippen LogP contribution in [0.25, 0.3) is 0 Å². The van der Waals surface area contributed by atoms with E-state index in [2.05, 4.69) is 21.2 Å². The summed E-state index contributed by atoms with van der Waals surface area (Å²) in [5.41, 5.74) is 0.810. The molecule has 0 amide bonds. The molecule has 0 radical (unpaired) electrons. The van der Waals surface area contributed by atoms with E-state index in [9.17, 15) is 4.79 Å². The first kappa shape index (κ1) is 15.5. The minimum Gasteiger partial charge on any atom is -0.468 e. The molecule has 1 aromatic carbocycles. The number of carbonyl (C=O) groups excluding carboxylic acids is 1. The van der Waals surface area contributed by atoms with Crippen molar-refractivity contribution in [3.8, 4) is 0 Å². The first-order valence-electron chi connectivity index (χ1n) is 5.90. The van der Waals surface area contributed by atoms with Gasteiger partial charge in [0.25, 0.3) is 0 Å². The second kappa shape index (κ2) is 7.22. The number of rotatable bonds is 5. The molecule has 0 bridgehead atoms. The second-order valence-electron chi connectivity index (χ2n) is 4.09. The molecule has 2 aromatic rings. The Morgan fingerprint density at radius 1 is 1.50 bits per heavy atom. The number of hydrogen-bond acceptors (Lipinski definition) is 4. The highest BCUT2D eigenvalue weighted by molar-refractivity contribution is 9.10. The SMILES string of the molecule is COC(=O)C(NCc1cccs1)c1ccc(Cl)c(Br)c1. The van der Waals surface area contributed by atoms with Crippen molar-refractivity contribution in [2.24, 2.45) is 0 Å². The number of methoxy groups -OCH3 is 1. The van der Waals surface area contributed by atoms with Crippen molar-refractivity contribution in [1.29, 1.82) is 0 Å². The standard InChI is InChI=1S/C14H13BrClNO2S/c1-19-14(18)13(17-8-10-3-2-6-20-10)9-4-5-12(16)11(15)7-9/h2-7,13,17H,8H2,1H3. The van der Waals surface area contributed by atoms with Gasteiger partial charge in [-0.1, -0.05) is 23.7 Å². The van der Waals surface area contributed by atoms with Gasteiger partial charge in [-0.15, -0.1) is 11.3 Å². The molecule has 0 saturated heterocycles. The Kier molecular flexibility index (Phi) is 5.60. The number of esters is 1. The van der Waals surface area contributed by atoms with Crippen LogP contribution in [0.1, 0.15) is 16.5 Å². The van der Waals surface area contributed by atoms with Gasteiger partial charge in [-0.05, 0) is 45.1 Å². The Morgan fingerprint density at radius 2 is 2.30 bits per heavy atom. The van der Waals surface area contributed by atoms with Crippen molar-refractivity contribution >= 4 is 44.8 Å². The summed E-state index contributed by atoms with van der Waals surface area (Å²) in [6.07, 6.45) is 0. The van der Waals surface area contributed by atoms with Crippen LogP contribution in [0.15, 0.2) is 40.2 Å². The second-order valence-corrected chi connectivity index (χ2v) is 6.38. The fraction of sp³-hybridized carbons (Fsp3) is 0.214. The van der Waals surface area contributed by atoms with Crippen LogP contribution in [0.2, 0.25) is 5.02 Å². The molecular formula is C14H13BrClNO2S. The third-order valence-electron chi connectivity index (χ3n) is 2.77. The number of halogens is 2. The zero-order valence-electron chi connectivity index (χ0n) is 10.7. The summed E-state index contributed by atoms with van der Waals surface area (Å²) in [6, 6.07) is 8.87. The van der Waals surface area contributed by atoms with Crippen LogP contribution in [0, 0.1) is 0 Å². The maximum Gasteiger partial charge on any atom is 0.327 e. The molecule has 6 heteroatoms. The van der Waals surface area contributed by atoms with Crippen molar-refractivity contribution < 1.29 is 9.53 Å². The van der Waals surface area contributed by atoms with Gasteiger partial charge in [-0.2, -0.15) is 0 Å². The Bertz CT molecular complexity index is 589. The summed E-state index contributed by atoms with van der Waals surface area (Å²) >= 11 is 11.0. The largest absolute Gasteiger partial charge is 0.468 e. The van der Waals surface area contributed by atoms with Crippen molar-refractivity contribution in [2.75, 3.05) is 7.11 Å². The maximum atomic E-state index is 11.9. The van der Waals surface area contributed by atoms with E-state index < -0.39 is 6.04 Å². The van der Waals surface area contributed by atoms with Crippen LogP contribution >= 0.6 is 38.9 Å². The van der Waals surface area contributed by atoms with Gasteiger partial charge < -0.3 is 4.74 Å². The lowest BCUT2D eigenvalue weighted by Crippen LogP contribution is -2.29. The zero-order valence-corrected chi connectivity index (χ0v) is 13.9. The molecule has 0 fully saturated rings. The quantitative estimate of drug-likeness (QED) is 0.798. The Balaban J connectivity index is 2.18. The number of ether oxygens (including phenoxy) is 1. The molecule has 1 aromatic heterocycles. The third kappa shape index (κ3) is 3.82. The van der Waals surface area contributed by atoms with Gasteiger partial charge in [0.2, 0.25) is 0 Å². The van der Waals surface area contributed by atoms with Gasteiger partial charge in [0.05, 0.1) is 12.1 Å². The molecule has 1 unspecified atom stereocenters. The molecule has 106 valence electrons. The van der Waals surface area contributed by atoms with E-state index in [1.807, 2.05) is 29.6 Å². The predicted molar refractivity (Wildman–Crippen MR) is 85.1 cm³/mol. The highest BCUT2D eigenvalue weighted by atomic mass is 79.9. The topological polar surface area (TPSA) is 38.3 Å². The van der Waals surface area contributed by atoms with E-state index in [1.54, 1.807) is 17.4 Å². The van der Waals surface area contributed by atoms with Crippen molar-refractivity contribution in [3.05, 3.63) is 55.6 Å². The van der Waals surface area contributed by atoms with E-state index in [-0.39, 0.29) is 5.97 Å². The maximum absolute atomic E-state index is 11.9. The molecular weight excluding hydrogens is 362 g/mol. The van der Waals surface area contributed by atoms with Crippen molar-refractivity contribution in [3.63, 3.8) is 0 Å². The average molecular weight is 375 g/mol. The lowest BCUT2D eigenvalue weighted by Gasteiger charge is -2.17. The number of thiophene rings is 1. The molecule has 0 aliphatic rings. The van der Waals surface area contributed by atoms with Gasteiger partial charge in [0, 0.05) is 15.9 Å². The monoisotopic (exact) mass is 373 g/mol. The first-order valence-corrected chi connectivity index (χ1v) is 7.95. The van der Waals surface area contributed by atoms with Crippen LogP contribution in [0.4, 0.5) is 0 Å². The Hall–Kier alpha value is -0.880. The molecule has 1 N–H and O–H groups in total. The molecule has 0 aliphatic heterocycles. The molecule has 1 heterocycles. The Morgan fingerprint density at radius 3 is 2.90 bits per heavy atom. The summed E-state index contributed by atoms with van der Waals surface area (Å²) in [5, 5.41) is 5.82. The van der Waals surface area contributed by atoms with Gasteiger partial charge in [0.1, 0.15) is 6.04 Å².